The third kappa shape index (κ3) is 5.12. The van der Waals surface area contributed by atoms with Gasteiger partial charge in [-0.15, -0.1) is 0 Å². The van der Waals surface area contributed by atoms with Crippen LogP contribution in [0.1, 0.15) is 22.7 Å². The maximum atomic E-state index is 13.8. The lowest BCUT2D eigenvalue weighted by Gasteiger charge is -2.40. The molecular weight excluding hydrogens is 608 g/mol. The van der Waals surface area contributed by atoms with E-state index in [0.29, 0.717) is 0 Å². The maximum Gasteiger partial charge on any atom is 0.269 e. The number of hydrogen-bond acceptors (Lipinski definition) is 5. The Balaban J connectivity index is 1.17. The number of anilines is 1. The average Bonchev–Trinajstić information content (AvgIpc) is 3.42. The number of halogens is 2. The molecule has 7 nitrogen and oxygen atoms in total. The van der Waals surface area contributed by atoms with Crippen LogP contribution in [0.2, 0.25) is 0 Å². The highest BCUT2D eigenvalue weighted by atomic mass is 19.1. The predicted molar refractivity (Wildman–Crippen MR) is 185 cm³/mol. The number of benzene rings is 5. The van der Waals surface area contributed by atoms with Gasteiger partial charge in [0.1, 0.15) is 11.6 Å². The highest BCUT2D eigenvalue weighted by molar-refractivity contribution is 6.02. The van der Waals surface area contributed by atoms with E-state index in [0.717, 1.165) is 87.3 Å². The molecule has 0 N–H and O–H groups in total. The van der Waals surface area contributed by atoms with Gasteiger partial charge in [0.2, 0.25) is 0 Å². The average molecular weight is 640 g/mol. The van der Waals surface area contributed by atoms with E-state index >= 15 is 0 Å². The summed E-state index contributed by atoms with van der Waals surface area (Å²) in [6.45, 7) is 5.16. The number of aromatic nitrogens is 2. The summed E-state index contributed by atoms with van der Waals surface area (Å²) in [6, 6.07) is 34.3. The van der Waals surface area contributed by atoms with Crippen molar-refractivity contribution >= 4 is 38.8 Å². The van der Waals surface area contributed by atoms with Crippen molar-refractivity contribution in [3.63, 3.8) is 0 Å². The van der Waals surface area contributed by atoms with Gasteiger partial charge in [0.15, 0.2) is 0 Å². The normalized spacial score (nSPS) is 14.0. The molecule has 0 spiro atoms. The Hall–Kier alpha value is -5.67. The van der Waals surface area contributed by atoms with E-state index in [-0.39, 0.29) is 23.4 Å². The van der Waals surface area contributed by atoms with E-state index in [4.69, 9.17) is 4.98 Å². The van der Waals surface area contributed by atoms with Crippen LogP contribution in [-0.2, 0) is 0 Å². The Labute approximate surface area is 275 Å². The number of nitro benzene ring substituents is 1. The van der Waals surface area contributed by atoms with Gasteiger partial charge in [-0.2, -0.15) is 0 Å². The fourth-order valence-electron chi connectivity index (χ4n) is 7.18. The van der Waals surface area contributed by atoms with Gasteiger partial charge in [0.25, 0.3) is 5.69 Å². The Morgan fingerprint density at radius 1 is 0.750 bits per heavy atom. The third-order valence-electron chi connectivity index (χ3n) is 9.55. The van der Waals surface area contributed by atoms with Crippen LogP contribution in [0, 0.1) is 28.7 Å². The van der Waals surface area contributed by atoms with Gasteiger partial charge in [-0.25, -0.2) is 13.8 Å². The second kappa shape index (κ2) is 11.8. The molecule has 1 fully saturated rings. The third-order valence-corrected chi connectivity index (χ3v) is 9.55. The molecule has 0 radical (unpaired) electrons. The highest BCUT2D eigenvalue weighted by Crippen LogP contribution is 2.37. The zero-order chi connectivity index (χ0) is 32.9. The molecule has 8 rings (SSSR count). The van der Waals surface area contributed by atoms with Crippen molar-refractivity contribution in [1.82, 2.24) is 14.3 Å². The van der Waals surface area contributed by atoms with Gasteiger partial charge in [-0.3, -0.25) is 15.0 Å². The lowest BCUT2D eigenvalue weighted by molar-refractivity contribution is -0.384. The van der Waals surface area contributed by atoms with Crippen molar-refractivity contribution in [3.8, 4) is 11.3 Å². The minimum absolute atomic E-state index is 0.0409. The molecule has 0 saturated carbocycles. The Morgan fingerprint density at radius 3 is 2.00 bits per heavy atom. The van der Waals surface area contributed by atoms with Crippen molar-refractivity contribution in [2.24, 2.45) is 0 Å². The zero-order valence-electron chi connectivity index (χ0n) is 26.2. The summed E-state index contributed by atoms with van der Waals surface area (Å²) in [4.78, 5) is 20.8. The number of aryl methyl sites for hydroxylation is 1. The van der Waals surface area contributed by atoms with Gasteiger partial charge >= 0.3 is 0 Å². The van der Waals surface area contributed by atoms with Gasteiger partial charge < -0.3 is 9.30 Å². The largest absolute Gasteiger partial charge is 0.369 e. The van der Waals surface area contributed by atoms with E-state index in [1.54, 1.807) is 12.1 Å². The van der Waals surface area contributed by atoms with Crippen LogP contribution in [0.5, 0.6) is 0 Å². The summed E-state index contributed by atoms with van der Waals surface area (Å²) in [6.07, 6.45) is 0. The Kier molecular flexibility index (Phi) is 7.33. The zero-order valence-corrected chi connectivity index (χ0v) is 26.2. The topological polar surface area (TPSA) is 66.9 Å². The molecule has 1 aliphatic rings. The van der Waals surface area contributed by atoms with Gasteiger partial charge in [0, 0.05) is 54.9 Å². The van der Waals surface area contributed by atoms with E-state index < -0.39 is 4.92 Å². The second-order valence-electron chi connectivity index (χ2n) is 12.3. The van der Waals surface area contributed by atoms with E-state index in [1.165, 1.54) is 36.4 Å². The molecule has 0 bridgehead atoms. The summed E-state index contributed by atoms with van der Waals surface area (Å²) in [5.74, 6) is -0.571. The van der Waals surface area contributed by atoms with Crippen molar-refractivity contribution in [3.05, 3.63) is 154 Å². The van der Waals surface area contributed by atoms with E-state index in [9.17, 15) is 18.9 Å². The minimum Gasteiger partial charge on any atom is -0.369 e. The maximum absolute atomic E-state index is 13.8. The molecule has 0 amide bonds. The molecule has 1 aliphatic heterocycles. The van der Waals surface area contributed by atoms with Crippen LogP contribution in [0.25, 0.3) is 38.7 Å². The first-order valence-corrected chi connectivity index (χ1v) is 15.9. The van der Waals surface area contributed by atoms with Crippen LogP contribution >= 0.6 is 0 Å². The first-order chi connectivity index (χ1) is 23.4. The number of nitrogens with zero attached hydrogens (tertiary/aromatic N) is 5. The molecular formula is C39H31F2N5O2. The van der Waals surface area contributed by atoms with Crippen molar-refractivity contribution in [2.45, 2.75) is 13.0 Å². The first-order valence-electron chi connectivity index (χ1n) is 15.9. The Bertz CT molecular complexity index is 2270. The van der Waals surface area contributed by atoms with Crippen molar-refractivity contribution in [1.29, 1.82) is 0 Å². The molecule has 1 saturated heterocycles. The molecule has 48 heavy (non-hydrogen) atoms. The predicted octanol–water partition coefficient (Wildman–Crippen LogP) is 8.71. The van der Waals surface area contributed by atoms with Gasteiger partial charge in [0.05, 0.1) is 38.7 Å². The molecule has 7 aromatic rings. The summed E-state index contributed by atoms with van der Waals surface area (Å²) >= 11 is 0. The smallest absolute Gasteiger partial charge is 0.269 e. The summed E-state index contributed by atoms with van der Waals surface area (Å²) in [7, 11) is 0. The van der Waals surface area contributed by atoms with Gasteiger partial charge in [-0.05, 0) is 84.3 Å². The van der Waals surface area contributed by atoms with Crippen molar-refractivity contribution in [2.75, 3.05) is 31.1 Å². The summed E-state index contributed by atoms with van der Waals surface area (Å²) in [5.41, 5.74) is 9.61. The van der Waals surface area contributed by atoms with Crippen LogP contribution in [0.15, 0.2) is 115 Å². The Morgan fingerprint density at radius 2 is 1.38 bits per heavy atom. The number of piperazine rings is 1. The SMILES string of the molecule is Cc1c2ccccc2n2c1c(-c1ccc([N+](=O)[O-])cc1)nc1ccc(N3CCN(C(c4ccc(F)cc4)c4ccc(F)cc4)CC3)cc12. The fourth-order valence-corrected chi connectivity index (χ4v) is 7.18. The van der Waals surface area contributed by atoms with Crippen LogP contribution in [0.3, 0.4) is 0 Å². The lowest BCUT2D eigenvalue weighted by Crippen LogP contribution is -2.48. The number of fused-ring (bicyclic) bond motifs is 5. The number of para-hydroxylation sites is 1. The molecule has 2 aromatic heterocycles. The molecule has 5 aromatic carbocycles. The van der Waals surface area contributed by atoms with E-state index in [1.807, 2.05) is 36.4 Å². The van der Waals surface area contributed by atoms with Crippen LogP contribution < -0.4 is 4.90 Å². The molecule has 238 valence electrons. The van der Waals surface area contributed by atoms with Crippen LogP contribution in [0.4, 0.5) is 20.2 Å². The van der Waals surface area contributed by atoms with Crippen LogP contribution in [-0.4, -0.2) is 45.4 Å². The van der Waals surface area contributed by atoms with Crippen molar-refractivity contribution < 1.29 is 13.7 Å². The summed E-state index contributed by atoms with van der Waals surface area (Å²) in [5, 5.41) is 12.5. The highest BCUT2D eigenvalue weighted by Gasteiger charge is 2.27. The van der Waals surface area contributed by atoms with Gasteiger partial charge in [-0.1, -0.05) is 42.5 Å². The summed E-state index contributed by atoms with van der Waals surface area (Å²) < 4.78 is 29.9. The molecule has 3 heterocycles. The molecule has 9 heteroatoms. The molecule has 0 unspecified atom stereocenters. The quantitative estimate of drug-likeness (QED) is 0.135. The molecule has 0 atom stereocenters. The second-order valence-corrected chi connectivity index (χ2v) is 12.3. The lowest BCUT2D eigenvalue weighted by atomic mass is 9.96. The molecule has 0 aliphatic carbocycles. The standard InChI is InChI=1S/C39H31F2N5O2/c1-25-33-4-2-3-5-35(33)45-36-24-32(18-19-34(36)42-37(38(25)45)26-10-16-31(17-11-26)46(47)48)43-20-22-44(23-21-43)39(27-6-12-29(40)13-7-27)28-8-14-30(41)15-9-28/h2-19,24,39H,20-23H2,1H3. The fraction of sp³-hybridized carbons (Fsp3) is 0.154. The monoisotopic (exact) mass is 639 g/mol. The number of nitro groups is 1. The number of non-ortho nitro benzene ring substituents is 1. The first kappa shape index (κ1) is 29.7. The number of rotatable bonds is 6. The van der Waals surface area contributed by atoms with E-state index in [2.05, 4.69) is 51.5 Å². The minimum atomic E-state index is -0.392. The number of hydrogen-bond donors (Lipinski definition) is 0.